The summed E-state index contributed by atoms with van der Waals surface area (Å²) in [6.45, 7) is 6.57. The Morgan fingerprint density at radius 1 is 1.03 bits per heavy atom. The van der Waals surface area contributed by atoms with Crippen molar-refractivity contribution in [2.75, 3.05) is 29.9 Å². The minimum atomic E-state index is -0.658. The molecule has 1 aliphatic heterocycles. The third kappa shape index (κ3) is 5.09. The fourth-order valence-electron chi connectivity index (χ4n) is 3.97. The number of ketones is 1. The molecule has 1 saturated heterocycles. The number of nitrogens with zero attached hydrogens (tertiary/aromatic N) is 1. The van der Waals surface area contributed by atoms with Gasteiger partial charge >= 0.3 is 5.97 Å². The third-order valence-electron chi connectivity index (χ3n) is 5.45. The van der Waals surface area contributed by atoms with Gasteiger partial charge in [-0.2, -0.15) is 0 Å². The van der Waals surface area contributed by atoms with Crippen molar-refractivity contribution in [2.24, 2.45) is 0 Å². The van der Waals surface area contributed by atoms with Gasteiger partial charge in [0.25, 0.3) is 5.91 Å². The third-order valence-corrected chi connectivity index (χ3v) is 5.45. The van der Waals surface area contributed by atoms with Crippen LogP contribution in [0.5, 0.6) is 0 Å². The molecule has 1 fully saturated rings. The number of aromatic nitrogens is 1. The average Bonchev–Trinajstić information content (AvgIpc) is 2.88. The van der Waals surface area contributed by atoms with Gasteiger partial charge in [0.1, 0.15) is 5.69 Å². The quantitative estimate of drug-likeness (QED) is 0.554. The summed E-state index contributed by atoms with van der Waals surface area (Å²) >= 11 is 0. The van der Waals surface area contributed by atoms with E-state index in [1.165, 1.54) is 32.6 Å². The Hall–Kier alpha value is -3.09. The number of H-pyrrole nitrogens is 1. The summed E-state index contributed by atoms with van der Waals surface area (Å²) in [4.78, 5) is 41.4. The normalized spacial score (nSPS) is 14.2. The lowest BCUT2D eigenvalue weighted by molar-refractivity contribution is -0.119. The summed E-state index contributed by atoms with van der Waals surface area (Å²) in [5.74, 6) is -1.20. The zero-order chi connectivity index (χ0) is 21.7. The number of anilines is 2. The second kappa shape index (κ2) is 9.61. The van der Waals surface area contributed by atoms with E-state index in [0.717, 1.165) is 18.8 Å². The minimum absolute atomic E-state index is 0.123. The van der Waals surface area contributed by atoms with E-state index in [9.17, 15) is 14.4 Å². The maximum atomic E-state index is 12.3. The van der Waals surface area contributed by atoms with Gasteiger partial charge in [0.2, 0.25) is 0 Å². The average molecular weight is 412 g/mol. The molecule has 3 rings (SSSR count). The number of Topliss-reactive ketones (excluding diaryl/α,β-unsaturated/α-hetero) is 1. The summed E-state index contributed by atoms with van der Waals surface area (Å²) in [5.41, 5.74) is 3.64. The van der Waals surface area contributed by atoms with Crippen molar-refractivity contribution in [1.29, 1.82) is 0 Å². The molecule has 0 radical (unpaired) electrons. The molecule has 7 heteroatoms. The summed E-state index contributed by atoms with van der Waals surface area (Å²) in [7, 11) is 0. The monoisotopic (exact) mass is 411 g/mol. The maximum absolute atomic E-state index is 12.3. The number of carbonyl (C=O) groups is 3. The lowest BCUT2D eigenvalue weighted by Crippen LogP contribution is -2.24. The van der Waals surface area contributed by atoms with Crippen molar-refractivity contribution in [1.82, 2.24) is 4.98 Å². The first-order chi connectivity index (χ1) is 14.4. The van der Waals surface area contributed by atoms with E-state index in [1.54, 1.807) is 13.8 Å². The molecule has 0 aliphatic carbocycles. The van der Waals surface area contributed by atoms with Crippen LogP contribution in [-0.2, 0) is 9.53 Å². The number of aromatic amines is 1. The van der Waals surface area contributed by atoms with Crippen molar-refractivity contribution in [3.63, 3.8) is 0 Å². The largest absolute Gasteiger partial charge is 0.451 e. The molecule has 0 spiro atoms. The first-order valence-electron chi connectivity index (χ1n) is 10.4. The molecule has 0 saturated carbocycles. The van der Waals surface area contributed by atoms with Gasteiger partial charge in [-0.05, 0) is 63.4 Å². The Kier molecular flexibility index (Phi) is 6.92. The van der Waals surface area contributed by atoms with Crippen molar-refractivity contribution in [3.8, 4) is 0 Å². The molecule has 2 aromatic rings. The number of hydrogen-bond acceptors (Lipinski definition) is 5. The van der Waals surface area contributed by atoms with Crippen LogP contribution in [0.15, 0.2) is 24.3 Å². The van der Waals surface area contributed by atoms with E-state index in [0.29, 0.717) is 22.5 Å². The number of carbonyl (C=O) groups excluding carboxylic acids is 3. The number of rotatable bonds is 6. The molecule has 160 valence electrons. The molecule has 0 unspecified atom stereocenters. The van der Waals surface area contributed by atoms with E-state index in [1.807, 2.05) is 24.3 Å². The number of amides is 1. The zero-order valence-corrected chi connectivity index (χ0v) is 17.8. The Labute approximate surface area is 176 Å². The standard InChI is InChI=1S/C23H29N3O4/c1-15-21(17(3)27)16(2)24-22(15)23(29)30-14-20(28)25-18-8-10-19(11-9-18)26-12-6-4-5-7-13-26/h8-11,24H,4-7,12-14H2,1-3H3,(H,25,28). The van der Waals surface area contributed by atoms with Crippen LogP contribution >= 0.6 is 0 Å². The van der Waals surface area contributed by atoms with Crippen LogP contribution in [0.1, 0.15) is 64.7 Å². The lowest BCUT2D eigenvalue weighted by atomic mass is 10.1. The summed E-state index contributed by atoms with van der Waals surface area (Å²) in [5, 5.41) is 2.74. The second-order valence-corrected chi connectivity index (χ2v) is 7.75. The van der Waals surface area contributed by atoms with Gasteiger partial charge in [0.15, 0.2) is 12.4 Å². The first-order valence-corrected chi connectivity index (χ1v) is 10.4. The van der Waals surface area contributed by atoms with Crippen LogP contribution < -0.4 is 10.2 Å². The van der Waals surface area contributed by atoms with E-state index in [2.05, 4.69) is 15.2 Å². The summed E-state index contributed by atoms with van der Waals surface area (Å²) in [6, 6.07) is 7.72. The van der Waals surface area contributed by atoms with Crippen LogP contribution in [0.4, 0.5) is 11.4 Å². The molecule has 2 heterocycles. The predicted octanol–water partition coefficient (Wildman–Crippen LogP) is 4.01. The predicted molar refractivity (Wildman–Crippen MR) is 116 cm³/mol. The molecule has 1 aromatic carbocycles. The molecule has 30 heavy (non-hydrogen) atoms. The van der Waals surface area contributed by atoms with Crippen molar-refractivity contribution >= 4 is 29.0 Å². The number of esters is 1. The zero-order valence-electron chi connectivity index (χ0n) is 17.8. The molecule has 1 aromatic heterocycles. The molecular weight excluding hydrogens is 382 g/mol. The molecule has 1 amide bonds. The molecular formula is C23H29N3O4. The number of benzene rings is 1. The van der Waals surface area contributed by atoms with Crippen LogP contribution in [0.2, 0.25) is 0 Å². The first kappa shape index (κ1) is 21.6. The number of ether oxygens (including phenoxy) is 1. The van der Waals surface area contributed by atoms with Crippen molar-refractivity contribution in [2.45, 2.75) is 46.5 Å². The second-order valence-electron chi connectivity index (χ2n) is 7.75. The fourth-order valence-corrected chi connectivity index (χ4v) is 3.97. The smallest absolute Gasteiger partial charge is 0.355 e. The van der Waals surface area contributed by atoms with Crippen LogP contribution in [0.3, 0.4) is 0 Å². The fraction of sp³-hybridized carbons (Fsp3) is 0.435. The Morgan fingerprint density at radius 2 is 1.67 bits per heavy atom. The van der Waals surface area contributed by atoms with Crippen LogP contribution in [-0.4, -0.2) is 42.3 Å². The molecule has 0 atom stereocenters. The van der Waals surface area contributed by atoms with Gasteiger partial charge < -0.3 is 19.9 Å². The van der Waals surface area contributed by atoms with Gasteiger partial charge in [-0.15, -0.1) is 0 Å². The van der Waals surface area contributed by atoms with Crippen LogP contribution in [0, 0.1) is 13.8 Å². The van der Waals surface area contributed by atoms with Gasteiger partial charge in [-0.1, -0.05) is 12.8 Å². The summed E-state index contributed by atoms with van der Waals surface area (Å²) < 4.78 is 5.12. The van der Waals surface area contributed by atoms with Gasteiger partial charge in [-0.25, -0.2) is 4.79 Å². The summed E-state index contributed by atoms with van der Waals surface area (Å²) in [6.07, 6.45) is 4.97. The lowest BCUT2D eigenvalue weighted by Gasteiger charge is -2.22. The highest BCUT2D eigenvalue weighted by molar-refractivity contribution is 6.01. The van der Waals surface area contributed by atoms with Crippen LogP contribution in [0.25, 0.3) is 0 Å². The number of hydrogen-bond donors (Lipinski definition) is 2. The highest BCUT2D eigenvalue weighted by Gasteiger charge is 2.21. The SMILES string of the molecule is CC(=O)c1c(C)[nH]c(C(=O)OCC(=O)Nc2ccc(N3CCCCCC3)cc2)c1C. The highest BCUT2D eigenvalue weighted by Crippen LogP contribution is 2.22. The van der Waals surface area contributed by atoms with Gasteiger partial charge in [-0.3, -0.25) is 9.59 Å². The maximum Gasteiger partial charge on any atom is 0.355 e. The van der Waals surface area contributed by atoms with Gasteiger partial charge in [0, 0.05) is 35.7 Å². The topological polar surface area (TPSA) is 91.5 Å². The van der Waals surface area contributed by atoms with Gasteiger partial charge in [0.05, 0.1) is 0 Å². The molecule has 7 nitrogen and oxygen atoms in total. The number of nitrogens with one attached hydrogen (secondary N) is 2. The van der Waals surface area contributed by atoms with Crippen molar-refractivity contribution < 1.29 is 19.1 Å². The Bertz CT molecular complexity index is 923. The molecule has 1 aliphatic rings. The van der Waals surface area contributed by atoms with E-state index in [-0.39, 0.29) is 11.5 Å². The van der Waals surface area contributed by atoms with E-state index < -0.39 is 18.5 Å². The van der Waals surface area contributed by atoms with E-state index in [4.69, 9.17) is 4.74 Å². The Morgan fingerprint density at radius 3 is 2.23 bits per heavy atom. The Balaban J connectivity index is 1.54. The van der Waals surface area contributed by atoms with E-state index >= 15 is 0 Å². The minimum Gasteiger partial charge on any atom is -0.451 e. The molecule has 0 bridgehead atoms. The number of aryl methyl sites for hydroxylation is 1. The molecule has 2 N–H and O–H groups in total. The highest BCUT2D eigenvalue weighted by atomic mass is 16.5. The van der Waals surface area contributed by atoms with Crippen molar-refractivity contribution in [3.05, 3.63) is 46.8 Å².